The maximum absolute atomic E-state index is 9.58. The Hall–Kier alpha value is -0.540. The summed E-state index contributed by atoms with van der Waals surface area (Å²) >= 11 is 3.40. The van der Waals surface area contributed by atoms with Crippen LogP contribution >= 0.6 is 15.9 Å². The Balaban J connectivity index is 1.96. The molecule has 1 aromatic carbocycles. The van der Waals surface area contributed by atoms with Crippen molar-refractivity contribution in [2.24, 2.45) is 0 Å². The Labute approximate surface area is 92.5 Å². The van der Waals surface area contributed by atoms with Crippen LogP contribution in [0, 0.1) is 0 Å². The molecular weight excluding hydrogens is 242 g/mol. The van der Waals surface area contributed by atoms with Crippen molar-refractivity contribution in [1.82, 2.24) is 5.32 Å². The Morgan fingerprint density at radius 1 is 1.43 bits per heavy atom. The first-order chi connectivity index (χ1) is 6.75. The summed E-state index contributed by atoms with van der Waals surface area (Å²) in [7, 11) is 0. The minimum atomic E-state index is 0.375. The highest BCUT2D eigenvalue weighted by Crippen LogP contribution is 2.23. The van der Waals surface area contributed by atoms with Gasteiger partial charge in [0.1, 0.15) is 5.75 Å². The number of hydrogen-bond donors (Lipinski definition) is 2. The number of benzene rings is 1. The molecule has 0 unspecified atom stereocenters. The average molecular weight is 256 g/mol. The van der Waals surface area contributed by atoms with Crippen LogP contribution in [0.3, 0.4) is 0 Å². The van der Waals surface area contributed by atoms with Gasteiger partial charge in [-0.05, 0) is 31.0 Å². The lowest BCUT2D eigenvalue weighted by Gasteiger charge is -2.26. The van der Waals surface area contributed by atoms with Gasteiger partial charge in [0.15, 0.2) is 0 Å². The van der Waals surface area contributed by atoms with E-state index >= 15 is 0 Å². The standard InChI is InChI=1S/C11H14BrNO/c12-9-4-5-11(14)8(6-9)7-13-10-2-1-3-10/h4-6,10,13-14H,1-3,7H2. The smallest absolute Gasteiger partial charge is 0.120 e. The summed E-state index contributed by atoms with van der Waals surface area (Å²) in [5, 5.41) is 13.0. The first kappa shape index (κ1) is 9.99. The highest BCUT2D eigenvalue weighted by molar-refractivity contribution is 9.10. The molecule has 2 nitrogen and oxygen atoms in total. The third kappa shape index (κ3) is 2.28. The molecule has 0 amide bonds. The fourth-order valence-corrected chi connectivity index (χ4v) is 1.97. The molecule has 1 saturated carbocycles. The van der Waals surface area contributed by atoms with E-state index in [0.29, 0.717) is 11.8 Å². The van der Waals surface area contributed by atoms with Gasteiger partial charge in [0.05, 0.1) is 0 Å². The maximum Gasteiger partial charge on any atom is 0.120 e. The van der Waals surface area contributed by atoms with Crippen molar-refractivity contribution in [3.63, 3.8) is 0 Å². The largest absolute Gasteiger partial charge is 0.508 e. The van der Waals surface area contributed by atoms with E-state index in [1.165, 1.54) is 19.3 Å². The summed E-state index contributed by atoms with van der Waals surface area (Å²) in [6.45, 7) is 0.760. The predicted octanol–water partition coefficient (Wildman–Crippen LogP) is 2.80. The molecule has 0 bridgehead atoms. The quantitative estimate of drug-likeness (QED) is 0.871. The average Bonchev–Trinajstić information content (AvgIpc) is 2.08. The fraction of sp³-hybridized carbons (Fsp3) is 0.455. The van der Waals surface area contributed by atoms with Crippen LogP contribution in [0.2, 0.25) is 0 Å². The molecule has 1 aromatic rings. The molecule has 0 aromatic heterocycles. The summed E-state index contributed by atoms with van der Waals surface area (Å²) in [5.74, 6) is 0.375. The van der Waals surface area contributed by atoms with Crippen LogP contribution < -0.4 is 5.32 Å². The van der Waals surface area contributed by atoms with E-state index in [9.17, 15) is 5.11 Å². The Kier molecular flexibility index (Phi) is 3.08. The van der Waals surface area contributed by atoms with Crippen LogP contribution in [0.15, 0.2) is 22.7 Å². The topological polar surface area (TPSA) is 32.3 Å². The van der Waals surface area contributed by atoms with Crippen molar-refractivity contribution in [2.75, 3.05) is 0 Å². The van der Waals surface area contributed by atoms with Crippen molar-refractivity contribution >= 4 is 15.9 Å². The van der Waals surface area contributed by atoms with E-state index in [1.807, 2.05) is 12.1 Å². The Morgan fingerprint density at radius 3 is 2.86 bits per heavy atom. The molecule has 2 rings (SSSR count). The minimum absolute atomic E-state index is 0.375. The number of rotatable bonds is 3. The van der Waals surface area contributed by atoms with Gasteiger partial charge in [0, 0.05) is 22.6 Å². The molecule has 2 N–H and O–H groups in total. The maximum atomic E-state index is 9.58. The van der Waals surface area contributed by atoms with Gasteiger partial charge in [-0.1, -0.05) is 22.4 Å². The first-order valence-corrected chi connectivity index (χ1v) is 5.76. The van der Waals surface area contributed by atoms with Crippen molar-refractivity contribution < 1.29 is 5.11 Å². The number of phenolic OH excluding ortho intramolecular Hbond substituents is 1. The SMILES string of the molecule is Oc1ccc(Br)cc1CNC1CCC1. The normalized spacial score (nSPS) is 16.6. The van der Waals surface area contributed by atoms with Gasteiger partial charge < -0.3 is 10.4 Å². The van der Waals surface area contributed by atoms with Crippen molar-refractivity contribution in [2.45, 2.75) is 31.8 Å². The second-order valence-corrected chi connectivity index (χ2v) is 4.70. The van der Waals surface area contributed by atoms with Gasteiger partial charge in [0.25, 0.3) is 0 Å². The molecule has 14 heavy (non-hydrogen) atoms. The molecular formula is C11H14BrNO. The van der Waals surface area contributed by atoms with Gasteiger partial charge in [-0.2, -0.15) is 0 Å². The summed E-state index contributed by atoms with van der Waals surface area (Å²) in [6, 6.07) is 6.19. The highest BCUT2D eigenvalue weighted by atomic mass is 79.9. The van der Waals surface area contributed by atoms with Crippen molar-refractivity contribution in [1.29, 1.82) is 0 Å². The summed E-state index contributed by atoms with van der Waals surface area (Å²) < 4.78 is 1.01. The zero-order valence-electron chi connectivity index (χ0n) is 7.96. The molecule has 3 heteroatoms. The lowest BCUT2D eigenvalue weighted by molar-refractivity contribution is 0.335. The van der Waals surface area contributed by atoms with E-state index in [4.69, 9.17) is 0 Å². The van der Waals surface area contributed by atoms with Gasteiger partial charge in [0.2, 0.25) is 0 Å². The van der Waals surface area contributed by atoms with Crippen LogP contribution in [0.25, 0.3) is 0 Å². The predicted molar refractivity (Wildman–Crippen MR) is 60.3 cm³/mol. The van der Waals surface area contributed by atoms with Crippen LogP contribution in [0.1, 0.15) is 24.8 Å². The lowest BCUT2D eigenvalue weighted by Crippen LogP contribution is -2.34. The van der Waals surface area contributed by atoms with E-state index < -0.39 is 0 Å². The zero-order chi connectivity index (χ0) is 9.97. The van der Waals surface area contributed by atoms with Crippen LogP contribution in [-0.2, 0) is 6.54 Å². The molecule has 76 valence electrons. The van der Waals surface area contributed by atoms with Crippen molar-refractivity contribution in [3.05, 3.63) is 28.2 Å². The van der Waals surface area contributed by atoms with E-state index in [-0.39, 0.29) is 0 Å². The molecule has 1 fully saturated rings. The van der Waals surface area contributed by atoms with E-state index in [0.717, 1.165) is 16.6 Å². The number of phenols is 1. The molecule has 0 atom stereocenters. The highest BCUT2D eigenvalue weighted by Gasteiger charge is 2.16. The Bertz CT molecular complexity index is 323. The van der Waals surface area contributed by atoms with Crippen LogP contribution in [-0.4, -0.2) is 11.1 Å². The van der Waals surface area contributed by atoms with Crippen molar-refractivity contribution in [3.8, 4) is 5.75 Å². The number of nitrogens with one attached hydrogen (secondary N) is 1. The molecule has 1 aliphatic carbocycles. The summed E-state index contributed by atoms with van der Waals surface area (Å²) in [4.78, 5) is 0. The van der Waals surface area contributed by atoms with Gasteiger partial charge in [-0.25, -0.2) is 0 Å². The van der Waals surface area contributed by atoms with Gasteiger partial charge >= 0.3 is 0 Å². The van der Waals surface area contributed by atoms with E-state index in [2.05, 4.69) is 21.2 Å². The van der Waals surface area contributed by atoms with Gasteiger partial charge in [-0.15, -0.1) is 0 Å². The third-order valence-electron chi connectivity index (χ3n) is 2.73. The fourth-order valence-electron chi connectivity index (χ4n) is 1.56. The third-order valence-corrected chi connectivity index (χ3v) is 3.22. The molecule has 0 heterocycles. The number of hydrogen-bond acceptors (Lipinski definition) is 2. The monoisotopic (exact) mass is 255 g/mol. The van der Waals surface area contributed by atoms with Crippen LogP contribution in [0.5, 0.6) is 5.75 Å². The lowest BCUT2D eigenvalue weighted by atomic mass is 9.93. The molecule has 0 spiro atoms. The molecule has 0 saturated heterocycles. The molecule has 0 aliphatic heterocycles. The number of halogens is 1. The summed E-state index contributed by atoms with van der Waals surface area (Å²) in [5.41, 5.74) is 0.964. The van der Waals surface area contributed by atoms with Crippen LogP contribution in [0.4, 0.5) is 0 Å². The second-order valence-electron chi connectivity index (χ2n) is 3.78. The first-order valence-electron chi connectivity index (χ1n) is 4.96. The zero-order valence-corrected chi connectivity index (χ0v) is 9.55. The summed E-state index contributed by atoms with van der Waals surface area (Å²) in [6.07, 6.45) is 3.88. The number of aromatic hydroxyl groups is 1. The van der Waals surface area contributed by atoms with Gasteiger partial charge in [-0.3, -0.25) is 0 Å². The minimum Gasteiger partial charge on any atom is -0.508 e. The molecule has 0 radical (unpaired) electrons. The second kappa shape index (κ2) is 4.32. The molecule has 1 aliphatic rings. The van der Waals surface area contributed by atoms with E-state index in [1.54, 1.807) is 6.07 Å². The Morgan fingerprint density at radius 2 is 2.21 bits per heavy atom.